The molecular weight excluding hydrogens is 264 g/mol. The lowest BCUT2D eigenvalue weighted by Gasteiger charge is -2.45. The minimum atomic E-state index is -1.04. The number of benzene rings is 2. The Morgan fingerprint density at radius 2 is 1.05 bits per heavy atom. The summed E-state index contributed by atoms with van der Waals surface area (Å²) < 4.78 is 17.5. The van der Waals surface area contributed by atoms with Crippen LogP contribution in [-0.2, 0) is 25.6 Å². The third-order valence-corrected chi connectivity index (χ3v) is 4.09. The molecule has 0 aromatic heterocycles. The predicted molar refractivity (Wildman–Crippen MR) is 82.9 cm³/mol. The van der Waals surface area contributed by atoms with Gasteiger partial charge in [0.2, 0.25) is 5.79 Å². The van der Waals surface area contributed by atoms with Crippen molar-refractivity contribution in [1.29, 1.82) is 0 Å². The summed E-state index contributed by atoms with van der Waals surface area (Å²) in [6, 6.07) is 19.8. The number of methoxy groups -OCH3 is 3. The molecule has 0 saturated carbocycles. The highest BCUT2D eigenvalue weighted by Gasteiger charge is 2.52. The standard InChI is InChI=1S/C18H22O3/c1-17(19-2,15-11-7-5-8-12-15)18(20-3,21-4)16-13-9-6-10-14-16/h5-14H,1-4H3. The Kier molecular flexibility index (Phi) is 4.78. The molecule has 0 bridgehead atoms. The lowest BCUT2D eigenvalue weighted by atomic mass is 9.82. The third kappa shape index (κ3) is 2.48. The van der Waals surface area contributed by atoms with Crippen molar-refractivity contribution in [2.45, 2.75) is 18.3 Å². The van der Waals surface area contributed by atoms with E-state index < -0.39 is 11.4 Å². The van der Waals surface area contributed by atoms with Crippen molar-refractivity contribution in [3.8, 4) is 0 Å². The van der Waals surface area contributed by atoms with E-state index in [2.05, 4.69) is 0 Å². The van der Waals surface area contributed by atoms with Gasteiger partial charge in [-0.3, -0.25) is 0 Å². The minimum absolute atomic E-state index is 0.793. The summed E-state index contributed by atoms with van der Waals surface area (Å²) in [4.78, 5) is 0. The Balaban J connectivity index is 2.64. The molecule has 0 aliphatic rings. The molecule has 0 heterocycles. The van der Waals surface area contributed by atoms with Crippen LogP contribution in [-0.4, -0.2) is 21.3 Å². The highest BCUT2D eigenvalue weighted by atomic mass is 16.7. The largest absolute Gasteiger partial charge is 0.368 e. The maximum absolute atomic E-state index is 5.88. The van der Waals surface area contributed by atoms with Gasteiger partial charge in [0.1, 0.15) is 5.60 Å². The summed E-state index contributed by atoms with van der Waals surface area (Å²) in [7, 11) is 4.94. The van der Waals surface area contributed by atoms with Crippen molar-refractivity contribution in [3.63, 3.8) is 0 Å². The van der Waals surface area contributed by atoms with Crippen LogP contribution in [0.5, 0.6) is 0 Å². The van der Waals surface area contributed by atoms with Crippen LogP contribution in [0.25, 0.3) is 0 Å². The average Bonchev–Trinajstić information content (AvgIpc) is 2.58. The second-order valence-electron chi connectivity index (χ2n) is 4.99. The molecule has 2 aromatic rings. The van der Waals surface area contributed by atoms with Gasteiger partial charge in [-0.25, -0.2) is 0 Å². The molecule has 3 nitrogen and oxygen atoms in total. The molecule has 0 fully saturated rings. The molecular formula is C18H22O3. The zero-order valence-corrected chi connectivity index (χ0v) is 13.0. The molecule has 2 rings (SSSR count). The topological polar surface area (TPSA) is 27.7 Å². The van der Waals surface area contributed by atoms with Gasteiger partial charge in [0.05, 0.1) is 0 Å². The van der Waals surface area contributed by atoms with Crippen LogP contribution in [0.3, 0.4) is 0 Å². The number of rotatable bonds is 6. The Bertz CT molecular complexity index is 549. The SMILES string of the molecule is COC(C)(c1ccccc1)C(OC)(OC)c1ccccc1. The van der Waals surface area contributed by atoms with E-state index in [0.717, 1.165) is 11.1 Å². The molecule has 1 unspecified atom stereocenters. The van der Waals surface area contributed by atoms with Crippen LogP contribution in [0.15, 0.2) is 60.7 Å². The Morgan fingerprint density at radius 1 is 0.619 bits per heavy atom. The normalized spacial score (nSPS) is 14.7. The van der Waals surface area contributed by atoms with E-state index in [1.165, 1.54) is 0 Å². The quantitative estimate of drug-likeness (QED) is 0.758. The van der Waals surface area contributed by atoms with E-state index in [-0.39, 0.29) is 0 Å². The maximum atomic E-state index is 5.88. The second kappa shape index (κ2) is 6.39. The summed E-state index contributed by atoms with van der Waals surface area (Å²) >= 11 is 0. The van der Waals surface area contributed by atoms with Gasteiger partial charge in [-0.15, -0.1) is 0 Å². The zero-order valence-electron chi connectivity index (χ0n) is 13.0. The Labute approximate surface area is 126 Å². The van der Waals surface area contributed by atoms with Crippen LogP contribution in [0, 0.1) is 0 Å². The van der Waals surface area contributed by atoms with E-state index in [1.807, 2.05) is 67.6 Å². The van der Waals surface area contributed by atoms with Crippen LogP contribution in [0.2, 0.25) is 0 Å². The van der Waals surface area contributed by atoms with Crippen molar-refractivity contribution in [2.75, 3.05) is 21.3 Å². The van der Waals surface area contributed by atoms with E-state index >= 15 is 0 Å². The molecule has 0 spiro atoms. The molecule has 21 heavy (non-hydrogen) atoms. The summed E-state index contributed by atoms with van der Waals surface area (Å²) in [5.74, 6) is -1.04. The first-order valence-corrected chi connectivity index (χ1v) is 6.91. The van der Waals surface area contributed by atoms with Crippen molar-refractivity contribution in [3.05, 3.63) is 71.8 Å². The Morgan fingerprint density at radius 3 is 1.43 bits per heavy atom. The summed E-state index contributed by atoms with van der Waals surface area (Å²) in [5, 5.41) is 0. The van der Waals surface area contributed by atoms with Crippen LogP contribution in [0.1, 0.15) is 18.1 Å². The number of ether oxygens (including phenoxy) is 3. The van der Waals surface area contributed by atoms with Gasteiger partial charge in [-0.05, 0) is 12.5 Å². The lowest BCUT2D eigenvalue weighted by molar-refractivity contribution is -0.319. The third-order valence-electron chi connectivity index (χ3n) is 4.09. The van der Waals surface area contributed by atoms with Gasteiger partial charge in [0, 0.05) is 26.9 Å². The highest BCUT2D eigenvalue weighted by Crippen LogP contribution is 2.46. The predicted octanol–water partition coefficient (Wildman–Crippen LogP) is 3.69. The van der Waals surface area contributed by atoms with Gasteiger partial charge in [0.15, 0.2) is 0 Å². The molecule has 0 amide bonds. The second-order valence-corrected chi connectivity index (χ2v) is 4.99. The van der Waals surface area contributed by atoms with Crippen molar-refractivity contribution in [2.24, 2.45) is 0 Å². The fraction of sp³-hybridized carbons (Fsp3) is 0.333. The van der Waals surface area contributed by atoms with Crippen LogP contribution >= 0.6 is 0 Å². The van der Waals surface area contributed by atoms with Crippen molar-refractivity contribution >= 4 is 0 Å². The molecule has 112 valence electrons. The van der Waals surface area contributed by atoms with E-state index in [9.17, 15) is 0 Å². The van der Waals surface area contributed by atoms with Gasteiger partial charge < -0.3 is 14.2 Å². The van der Waals surface area contributed by atoms with Gasteiger partial charge in [-0.2, -0.15) is 0 Å². The highest BCUT2D eigenvalue weighted by molar-refractivity contribution is 5.32. The lowest BCUT2D eigenvalue weighted by Crippen LogP contribution is -2.51. The van der Waals surface area contributed by atoms with Crippen molar-refractivity contribution < 1.29 is 14.2 Å². The smallest absolute Gasteiger partial charge is 0.228 e. The van der Waals surface area contributed by atoms with Gasteiger partial charge in [0.25, 0.3) is 0 Å². The first-order valence-electron chi connectivity index (χ1n) is 6.91. The summed E-state index contributed by atoms with van der Waals surface area (Å²) in [6.45, 7) is 1.97. The van der Waals surface area contributed by atoms with E-state index in [1.54, 1.807) is 21.3 Å². The Hall–Kier alpha value is -1.68. The fourth-order valence-electron chi connectivity index (χ4n) is 2.84. The molecule has 0 N–H and O–H groups in total. The molecule has 0 radical (unpaired) electrons. The van der Waals surface area contributed by atoms with E-state index in [4.69, 9.17) is 14.2 Å². The molecule has 0 aliphatic carbocycles. The fourth-order valence-corrected chi connectivity index (χ4v) is 2.84. The summed E-state index contributed by atoms with van der Waals surface area (Å²) in [5.41, 5.74) is 1.10. The minimum Gasteiger partial charge on any atom is -0.368 e. The first kappa shape index (κ1) is 15.7. The van der Waals surface area contributed by atoms with Crippen LogP contribution < -0.4 is 0 Å². The zero-order chi connectivity index (χ0) is 15.3. The first-order chi connectivity index (χ1) is 10.1. The van der Waals surface area contributed by atoms with Crippen molar-refractivity contribution in [1.82, 2.24) is 0 Å². The van der Waals surface area contributed by atoms with Gasteiger partial charge in [-0.1, -0.05) is 60.7 Å². The van der Waals surface area contributed by atoms with Gasteiger partial charge >= 0.3 is 0 Å². The molecule has 0 aliphatic heterocycles. The van der Waals surface area contributed by atoms with Crippen LogP contribution in [0.4, 0.5) is 0 Å². The molecule has 0 saturated heterocycles. The monoisotopic (exact) mass is 286 g/mol. The number of hydrogen-bond donors (Lipinski definition) is 0. The molecule has 1 atom stereocenters. The molecule has 3 heteroatoms. The number of hydrogen-bond acceptors (Lipinski definition) is 3. The summed E-state index contributed by atoms with van der Waals surface area (Å²) in [6.07, 6.45) is 0. The average molecular weight is 286 g/mol. The van der Waals surface area contributed by atoms with E-state index in [0.29, 0.717) is 0 Å². The molecule has 2 aromatic carbocycles. The maximum Gasteiger partial charge on any atom is 0.228 e.